The van der Waals surface area contributed by atoms with Gasteiger partial charge in [0.05, 0.1) is 10.9 Å². The number of aromatic amines is 1. The Morgan fingerprint density at radius 1 is 1.19 bits per heavy atom. The molecule has 1 N–H and O–H groups in total. The molecule has 4 rings (SSSR count). The number of aromatic nitrogens is 1. The summed E-state index contributed by atoms with van der Waals surface area (Å²) < 4.78 is 0. The molecule has 1 aliphatic rings. The molecule has 3 aromatic rings. The lowest BCUT2D eigenvalue weighted by Crippen LogP contribution is -2.25. The number of carbonyl (C=O) groups is 1. The predicted octanol–water partition coefficient (Wildman–Crippen LogP) is 5.00. The van der Waals surface area contributed by atoms with E-state index in [0.717, 1.165) is 22.9 Å². The maximum atomic E-state index is 12.8. The third-order valence-corrected chi connectivity index (χ3v) is 4.65. The standard InChI is InChI=1S/C17H11Cl2NO/c18-10-6-14(19)16-13(8-20-15(16)7-10)17(21)12-5-9-3-1-2-4-11(9)12/h1-4,6-8,12,20H,5H2. The number of H-pyrrole nitrogens is 1. The fourth-order valence-corrected chi connectivity index (χ4v) is 3.65. The lowest BCUT2D eigenvalue weighted by molar-refractivity contribution is 0.0950. The largest absolute Gasteiger partial charge is 0.360 e. The van der Waals surface area contributed by atoms with Crippen LogP contribution in [0.3, 0.4) is 0 Å². The van der Waals surface area contributed by atoms with E-state index in [1.807, 2.05) is 18.2 Å². The lowest BCUT2D eigenvalue weighted by Gasteiger charge is -2.28. The molecule has 0 amide bonds. The van der Waals surface area contributed by atoms with Crippen LogP contribution in [0, 0.1) is 0 Å². The van der Waals surface area contributed by atoms with Gasteiger partial charge in [-0.15, -0.1) is 0 Å². The molecule has 0 spiro atoms. The zero-order valence-corrected chi connectivity index (χ0v) is 12.5. The number of halogens is 2. The predicted molar refractivity (Wildman–Crippen MR) is 85.5 cm³/mol. The summed E-state index contributed by atoms with van der Waals surface area (Å²) in [4.78, 5) is 15.9. The monoisotopic (exact) mass is 315 g/mol. The van der Waals surface area contributed by atoms with Crippen molar-refractivity contribution in [3.8, 4) is 0 Å². The Labute approximate surface area is 131 Å². The minimum atomic E-state index is -0.0630. The van der Waals surface area contributed by atoms with Crippen LogP contribution in [0.15, 0.2) is 42.6 Å². The van der Waals surface area contributed by atoms with Gasteiger partial charge in [0, 0.05) is 27.7 Å². The third-order valence-electron chi connectivity index (χ3n) is 4.13. The molecule has 1 heterocycles. The van der Waals surface area contributed by atoms with Crippen LogP contribution < -0.4 is 0 Å². The molecule has 0 saturated heterocycles. The number of carbonyl (C=O) groups excluding carboxylic acids is 1. The molecule has 1 atom stereocenters. The first-order chi connectivity index (χ1) is 10.1. The van der Waals surface area contributed by atoms with Crippen molar-refractivity contribution in [2.75, 3.05) is 0 Å². The van der Waals surface area contributed by atoms with E-state index in [9.17, 15) is 4.79 Å². The highest BCUT2D eigenvalue weighted by atomic mass is 35.5. The number of hydrogen-bond acceptors (Lipinski definition) is 1. The first-order valence-corrected chi connectivity index (χ1v) is 7.49. The van der Waals surface area contributed by atoms with Crippen LogP contribution in [0.2, 0.25) is 10.0 Å². The Balaban J connectivity index is 1.80. The Morgan fingerprint density at radius 2 is 2.00 bits per heavy atom. The van der Waals surface area contributed by atoms with Crippen LogP contribution in [0.25, 0.3) is 10.9 Å². The van der Waals surface area contributed by atoms with Gasteiger partial charge in [-0.05, 0) is 29.7 Å². The normalized spacial score (nSPS) is 16.6. The lowest BCUT2D eigenvalue weighted by atomic mass is 9.74. The third kappa shape index (κ3) is 1.90. The van der Waals surface area contributed by atoms with E-state index in [1.165, 1.54) is 5.56 Å². The topological polar surface area (TPSA) is 32.9 Å². The second kappa shape index (κ2) is 4.62. The van der Waals surface area contributed by atoms with Crippen molar-refractivity contribution in [2.24, 2.45) is 0 Å². The number of hydrogen-bond donors (Lipinski definition) is 1. The van der Waals surface area contributed by atoms with E-state index >= 15 is 0 Å². The van der Waals surface area contributed by atoms with Crippen LogP contribution in [-0.4, -0.2) is 10.8 Å². The summed E-state index contributed by atoms with van der Waals surface area (Å²) in [5, 5.41) is 1.83. The van der Waals surface area contributed by atoms with Gasteiger partial charge in [-0.2, -0.15) is 0 Å². The molecule has 0 bridgehead atoms. The van der Waals surface area contributed by atoms with Crippen molar-refractivity contribution in [1.29, 1.82) is 0 Å². The smallest absolute Gasteiger partial charge is 0.172 e. The van der Waals surface area contributed by atoms with Gasteiger partial charge in [0.15, 0.2) is 5.78 Å². The molecular formula is C17H11Cl2NO. The molecule has 1 aliphatic carbocycles. The number of benzene rings is 2. The second-order valence-corrected chi connectivity index (χ2v) is 6.18. The quantitative estimate of drug-likeness (QED) is 0.663. The Morgan fingerprint density at radius 3 is 2.81 bits per heavy atom. The zero-order valence-electron chi connectivity index (χ0n) is 11.0. The van der Waals surface area contributed by atoms with Crippen molar-refractivity contribution in [1.82, 2.24) is 4.98 Å². The maximum absolute atomic E-state index is 12.8. The van der Waals surface area contributed by atoms with E-state index in [0.29, 0.717) is 15.6 Å². The van der Waals surface area contributed by atoms with E-state index in [4.69, 9.17) is 23.2 Å². The SMILES string of the molecule is O=C(c1c[nH]c2cc(Cl)cc(Cl)c12)C1Cc2ccccc21. The maximum Gasteiger partial charge on any atom is 0.172 e. The molecule has 1 aromatic heterocycles. The summed E-state index contributed by atoms with van der Waals surface area (Å²) >= 11 is 12.3. The second-order valence-electron chi connectivity index (χ2n) is 5.33. The average molecular weight is 316 g/mol. The minimum Gasteiger partial charge on any atom is -0.360 e. The van der Waals surface area contributed by atoms with Crippen molar-refractivity contribution >= 4 is 39.9 Å². The van der Waals surface area contributed by atoms with E-state index in [-0.39, 0.29) is 11.7 Å². The zero-order chi connectivity index (χ0) is 14.6. The summed E-state index contributed by atoms with van der Waals surface area (Å²) in [5.74, 6) is 0.0520. The van der Waals surface area contributed by atoms with E-state index in [2.05, 4.69) is 11.1 Å². The number of Topliss-reactive ketones (excluding diaryl/α,β-unsaturated/α-hetero) is 1. The summed E-state index contributed by atoms with van der Waals surface area (Å²) in [6.45, 7) is 0. The minimum absolute atomic E-state index is 0.0630. The highest BCUT2D eigenvalue weighted by Gasteiger charge is 2.33. The van der Waals surface area contributed by atoms with Gasteiger partial charge in [-0.1, -0.05) is 47.5 Å². The fraction of sp³-hybridized carbons (Fsp3) is 0.118. The van der Waals surface area contributed by atoms with Gasteiger partial charge in [0.25, 0.3) is 0 Å². The number of nitrogens with one attached hydrogen (secondary N) is 1. The fourth-order valence-electron chi connectivity index (χ4n) is 3.06. The van der Waals surface area contributed by atoms with Crippen LogP contribution in [0.5, 0.6) is 0 Å². The highest BCUT2D eigenvalue weighted by Crippen LogP contribution is 2.39. The molecule has 0 radical (unpaired) electrons. The van der Waals surface area contributed by atoms with Crippen molar-refractivity contribution in [3.05, 3.63) is 69.3 Å². The van der Waals surface area contributed by atoms with Crippen LogP contribution >= 0.6 is 23.2 Å². The van der Waals surface area contributed by atoms with Gasteiger partial charge < -0.3 is 4.98 Å². The first kappa shape index (κ1) is 12.9. The molecule has 2 nitrogen and oxygen atoms in total. The Kier molecular flexibility index (Phi) is 2.84. The first-order valence-electron chi connectivity index (χ1n) is 6.73. The highest BCUT2D eigenvalue weighted by molar-refractivity contribution is 6.39. The average Bonchev–Trinajstić information content (AvgIpc) is 2.84. The van der Waals surface area contributed by atoms with Crippen LogP contribution in [0.4, 0.5) is 0 Å². The van der Waals surface area contributed by atoms with Crippen molar-refractivity contribution in [2.45, 2.75) is 12.3 Å². The van der Waals surface area contributed by atoms with Gasteiger partial charge in [-0.3, -0.25) is 4.79 Å². The van der Waals surface area contributed by atoms with E-state index in [1.54, 1.807) is 18.3 Å². The van der Waals surface area contributed by atoms with Gasteiger partial charge in [0.2, 0.25) is 0 Å². The van der Waals surface area contributed by atoms with Crippen LogP contribution in [-0.2, 0) is 6.42 Å². The van der Waals surface area contributed by atoms with Gasteiger partial charge >= 0.3 is 0 Å². The van der Waals surface area contributed by atoms with Crippen molar-refractivity contribution < 1.29 is 4.79 Å². The summed E-state index contributed by atoms with van der Waals surface area (Å²) in [6, 6.07) is 11.5. The van der Waals surface area contributed by atoms with E-state index < -0.39 is 0 Å². The Bertz CT molecular complexity index is 882. The molecule has 4 heteroatoms. The summed E-state index contributed by atoms with van der Waals surface area (Å²) in [7, 11) is 0. The number of rotatable bonds is 2. The summed E-state index contributed by atoms with van der Waals surface area (Å²) in [6.07, 6.45) is 2.53. The van der Waals surface area contributed by atoms with Crippen LogP contribution in [0.1, 0.15) is 27.4 Å². The molecular weight excluding hydrogens is 305 g/mol. The molecule has 21 heavy (non-hydrogen) atoms. The number of fused-ring (bicyclic) bond motifs is 2. The number of ketones is 1. The molecule has 0 saturated carbocycles. The molecule has 104 valence electrons. The van der Waals surface area contributed by atoms with Crippen molar-refractivity contribution in [3.63, 3.8) is 0 Å². The molecule has 1 unspecified atom stereocenters. The molecule has 2 aromatic carbocycles. The van der Waals surface area contributed by atoms with Gasteiger partial charge in [-0.25, -0.2) is 0 Å². The summed E-state index contributed by atoms with van der Waals surface area (Å²) in [5.41, 5.74) is 3.82. The van der Waals surface area contributed by atoms with Gasteiger partial charge in [0.1, 0.15) is 0 Å². The molecule has 0 fully saturated rings. The Hall–Kier alpha value is -1.77. The molecule has 0 aliphatic heterocycles.